The fourth-order valence-electron chi connectivity index (χ4n) is 5.10. The monoisotopic (exact) mass is 539 g/mol. The van der Waals surface area contributed by atoms with Crippen molar-refractivity contribution < 1.29 is 27.9 Å². The number of aromatic hydroxyl groups is 1. The van der Waals surface area contributed by atoms with Gasteiger partial charge in [0.1, 0.15) is 11.8 Å². The van der Waals surface area contributed by atoms with Crippen molar-refractivity contribution in [2.75, 3.05) is 6.54 Å². The van der Waals surface area contributed by atoms with E-state index in [9.17, 15) is 27.9 Å². The number of alkyl halides is 3. The van der Waals surface area contributed by atoms with Gasteiger partial charge in [0, 0.05) is 19.5 Å². The maximum absolute atomic E-state index is 13.7. The first-order valence-electron chi connectivity index (χ1n) is 12.9. The third-order valence-electron chi connectivity index (χ3n) is 7.12. The zero-order valence-corrected chi connectivity index (χ0v) is 21.7. The number of aryl methyl sites for hydroxylation is 2. The fourth-order valence-corrected chi connectivity index (χ4v) is 5.10. The molecule has 3 aromatic rings. The molecule has 0 bridgehead atoms. The number of fused-ring (bicyclic) bond motifs is 1. The Kier molecular flexibility index (Phi) is 8.60. The summed E-state index contributed by atoms with van der Waals surface area (Å²) < 4.78 is 41.1. The normalized spacial score (nSPS) is 15.9. The number of carbonyl (C=O) groups excluding carboxylic acids is 2. The second kappa shape index (κ2) is 11.9. The third-order valence-corrected chi connectivity index (χ3v) is 7.12. The predicted octanol–water partition coefficient (Wildman–Crippen LogP) is 4.29. The molecule has 0 aromatic heterocycles. The summed E-state index contributed by atoms with van der Waals surface area (Å²) in [6, 6.07) is 17.1. The highest BCUT2D eigenvalue weighted by Crippen LogP contribution is 2.36. The number of carbonyl (C=O) groups is 2. The highest BCUT2D eigenvalue weighted by Gasteiger charge is 2.39. The Hall–Kier alpha value is -3.85. The van der Waals surface area contributed by atoms with Crippen molar-refractivity contribution in [2.24, 2.45) is 5.73 Å². The van der Waals surface area contributed by atoms with E-state index < -0.39 is 35.5 Å². The zero-order chi connectivity index (χ0) is 28.2. The first-order chi connectivity index (χ1) is 18.5. The van der Waals surface area contributed by atoms with Crippen LogP contribution in [0, 0.1) is 6.92 Å². The third kappa shape index (κ3) is 6.78. The molecule has 6 nitrogen and oxygen atoms in total. The number of hydrogen-bond acceptors (Lipinski definition) is 4. The minimum atomic E-state index is -4.73. The van der Waals surface area contributed by atoms with Crippen molar-refractivity contribution in [3.05, 3.63) is 100 Å². The van der Waals surface area contributed by atoms with E-state index in [1.54, 1.807) is 0 Å². The van der Waals surface area contributed by atoms with Gasteiger partial charge in [0.05, 0.1) is 11.6 Å². The van der Waals surface area contributed by atoms with E-state index in [2.05, 4.69) is 5.32 Å². The number of benzene rings is 3. The van der Waals surface area contributed by atoms with Gasteiger partial charge in [0.25, 0.3) is 0 Å². The van der Waals surface area contributed by atoms with Crippen LogP contribution in [0.3, 0.4) is 0 Å². The molecule has 2 atom stereocenters. The second-order valence-electron chi connectivity index (χ2n) is 9.93. The lowest BCUT2D eigenvalue weighted by Crippen LogP contribution is -2.56. The van der Waals surface area contributed by atoms with Gasteiger partial charge >= 0.3 is 6.18 Å². The van der Waals surface area contributed by atoms with Gasteiger partial charge in [-0.1, -0.05) is 54.6 Å². The lowest BCUT2D eigenvalue weighted by atomic mass is 9.91. The standard InChI is InChI=1S/C30H32F3N3O3/c1-19-14-23(37)16-25(30(31,32)33)24(19)17-26(34)29(39)36-18-22-12-6-5-11-21(22)15-27(36)28(38)35-13-7-10-20-8-3-2-4-9-20/h2-6,8-9,11-12,14,16,26-27,37H,7,10,13,15,17-18,34H2,1H3,(H,35,38)/t26?,27-/m0/s1. The molecule has 0 aliphatic carbocycles. The van der Waals surface area contributed by atoms with Gasteiger partial charge in [-0.3, -0.25) is 9.59 Å². The molecule has 39 heavy (non-hydrogen) atoms. The second-order valence-corrected chi connectivity index (χ2v) is 9.93. The van der Waals surface area contributed by atoms with Crippen molar-refractivity contribution >= 4 is 11.8 Å². The maximum atomic E-state index is 13.7. The quantitative estimate of drug-likeness (QED) is 0.372. The summed E-state index contributed by atoms with van der Waals surface area (Å²) in [4.78, 5) is 28.2. The molecule has 4 N–H and O–H groups in total. The van der Waals surface area contributed by atoms with Gasteiger partial charge < -0.3 is 21.1 Å². The van der Waals surface area contributed by atoms with Crippen LogP contribution in [0.15, 0.2) is 66.7 Å². The van der Waals surface area contributed by atoms with Crippen molar-refractivity contribution in [1.29, 1.82) is 0 Å². The minimum absolute atomic E-state index is 0.130. The van der Waals surface area contributed by atoms with Gasteiger partial charge in [-0.05, 0) is 66.1 Å². The van der Waals surface area contributed by atoms with Crippen molar-refractivity contribution in [3.8, 4) is 5.75 Å². The molecule has 0 spiro atoms. The number of halogens is 3. The zero-order valence-electron chi connectivity index (χ0n) is 21.7. The van der Waals surface area contributed by atoms with E-state index in [1.807, 2.05) is 54.6 Å². The van der Waals surface area contributed by atoms with Crippen LogP contribution in [0.2, 0.25) is 0 Å². The molecule has 1 aliphatic heterocycles. The average Bonchev–Trinajstić information content (AvgIpc) is 2.91. The van der Waals surface area contributed by atoms with Gasteiger partial charge in [-0.25, -0.2) is 0 Å². The van der Waals surface area contributed by atoms with E-state index in [4.69, 9.17) is 5.73 Å². The van der Waals surface area contributed by atoms with Gasteiger partial charge in [0.2, 0.25) is 11.8 Å². The Morgan fingerprint density at radius 3 is 2.44 bits per heavy atom. The van der Waals surface area contributed by atoms with E-state index in [0.717, 1.165) is 23.1 Å². The summed E-state index contributed by atoms with van der Waals surface area (Å²) in [7, 11) is 0. The molecule has 1 unspecified atom stereocenters. The van der Waals surface area contributed by atoms with Crippen LogP contribution >= 0.6 is 0 Å². The first kappa shape index (κ1) is 28.2. The highest BCUT2D eigenvalue weighted by atomic mass is 19.4. The number of phenolic OH excluding ortho intramolecular Hbond substituents is 1. The Morgan fingerprint density at radius 1 is 1.08 bits per heavy atom. The minimum Gasteiger partial charge on any atom is -0.508 e. The largest absolute Gasteiger partial charge is 0.508 e. The van der Waals surface area contributed by atoms with E-state index in [-0.39, 0.29) is 36.4 Å². The average molecular weight is 540 g/mol. The Morgan fingerprint density at radius 2 is 1.74 bits per heavy atom. The van der Waals surface area contributed by atoms with Crippen LogP contribution in [0.25, 0.3) is 0 Å². The summed E-state index contributed by atoms with van der Waals surface area (Å²) in [5.74, 6) is -1.44. The van der Waals surface area contributed by atoms with Gasteiger partial charge in [-0.2, -0.15) is 13.2 Å². The van der Waals surface area contributed by atoms with Gasteiger partial charge in [-0.15, -0.1) is 0 Å². The van der Waals surface area contributed by atoms with Crippen LogP contribution < -0.4 is 11.1 Å². The summed E-state index contributed by atoms with van der Waals surface area (Å²) in [6.45, 7) is 1.98. The van der Waals surface area contributed by atoms with Crippen LogP contribution in [-0.2, 0) is 41.6 Å². The number of phenols is 1. The SMILES string of the molecule is Cc1cc(O)cc(C(F)(F)F)c1CC(N)C(=O)N1Cc2ccccc2C[C@H]1C(=O)NCCCc1ccccc1. The Bertz CT molecular complexity index is 1330. The number of amides is 2. The van der Waals surface area contributed by atoms with Crippen LogP contribution in [-0.4, -0.2) is 40.4 Å². The predicted molar refractivity (Wildman–Crippen MR) is 142 cm³/mol. The maximum Gasteiger partial charge on any atom is 0.416 e. The molecular weight excluding hydrogens is 507 g/mol. The van der Waals surface area contributed by atoms with Crippen LogP contribution in [0.1, 0.15) is 39.8 Å². The van der Waals surface area contributed by atoms with Crippen molar-refractivity contribution in [2.45, 2.75) is 57.4 Å². The number of hydrogen-bond donors (Lipinski definition) is 3. The van der Waals surface area contributed by atoms with E-state index >= 15 is 0 Å². The van der Waals surface area contributed by atoms with E-state index in [0.29, 0.717) is 19.0 Å². The number of nitrogens with zero attached hydrogens (tertiary/aromatic N) is 1. The molecule has 1 heterocycles. The lowest BCUT2D eigenvalue weighted by Gasteiger charge is -2.37. The Balaban J connectivity index is 1.51. The molecule has 0 saturated heterocycles. The Labute approximate surface area is 225 Å². The summed E-state index contributed by atoms with van der Waals surface area (Å²) >= 11 is 0. The summed E-state index contributed by atoms with van der Waals surface area (Å²) in [6.07, 6.45) is -3.33. The molecule has 4 rings (SSSR count). The molecule has 0 saturated carbocycles. The molecule has 3 aromatic carbocycles. The van der Waals surface area contributed by atoms with Crippen molar-refractivity contribution in [3.63, 3.8) is 0 Å². The summed E-state index contributed by atoms with van der Waals surface area (Å²) in [5, 5.41) is 12.6. The van der Waals surface area contributed by atoms with Crippen LogP contribution in [0.5, 0.6) is 5.75 Å². The van der Waals surface area contributed by atoms with Crippen LogP contribution in [0.4, 0.5) is 13.2 Å². The molecule has 0 fully saturated rings. The smallest absolute Gasteiger partial charge is 0.416 e. The first-order valence-corrected chi connectivity index (χ1v) is 12.9. The lowest BCUT2D eigenvalue weighted by molar-refractivity contribution is -0.143. The van der Waals surface area contributed by atoms with Crippen molar-refractivity contribution in [1.82, 2.24) is 10.2 Å². The molecular formula is C30H32F3N3O3. The fraction of sp³-hybridized carbons (Fsp3) is 0.333. The van der Waals surface area contributed by atoms with E-state index in [1.165, 1.54) is 17.9 Å². The molecule has 206 valence electrons. The molecule has 0 radical (unpaired) electrons. The summed E-state index contributed by atoms with van der Waals surface area (Å²) in [5.41, 5.74) is 8.18. The number of rotatable bonds is 8. The topological polar surface area (TPSA) is 95.7 Å². The molecule has 2 amide bonds. The highest BCUT2D eigenvalue weighted by molar-refractivity contribution is 5.90. The molecule has 1 aliphatic rings. The number of nitrogens with two attached hydrogens (primary N) is 1. The van der Waals surface area contributed by atoms with Gasteiger partial charge in [0.15, 0.2) is 0 Å². The molecule has 9 heteroatoms. The number of nitrogens with one attached hydrogen (secondary N) is 1.